The van der Waals surface area contributed by atoms with Crippen molar-refractivity contribution in [2.24, 2.45) is 4.99 Å². The average molecular weight is 377 g/mol. The molecule has 0 aliphatic carbocycles. The highest BCUT2D eigenvalue weighted by Gasteiger charge is 2.35. The molecule has 0 atom stereocenters. The maximum absolute atomic E-state index is 5.94. The van der Waals surface area contributed by atoms with Crippen molar-refractivity contribution in [3.8, 4) is 5.75 Å². The van der Waals surface area contributed by atoms with Crippen LogP contribution in [-0.4, -0.2) is 82.4 Å². The predicted octanol–water partition coefficient (Wildman–Crippen LogP) is 2.30. The fourth-order valence-electron chi connectivity index (χ4n) is 3.58. The molecule has 1 N–H and O–H groups in total. The Hall–Kier alpha value is -1.79. The number of aryl methyl sites for hydroxylation is 2. The number of aliphatic imine (C=N–C) groups is 1. The van der Waals surface area contributed by atoms with E-state index in [0.717, 1.165) is 50.9 Å². The molecule has 1 aromatic rings. The zero-order chi connectivity index (χ0) is 19.9. The Balaban J connectivity index is 1.85. The Morgan fingerprint density at radius 3 is 2.33 bits per heavy atom. The summed E-state index contributed by atoms with van der Waals surface area (Å²) in [6, 6.07) is 6.31. The van der Waals surface area contributed by atoms with Crippen molar-refractivity contribution in [1.82, 2.24) is 15.1 Å². The number of nitrogens with one attached hydrogen (secondary N) is 1. The Morgan fingerprint density at radius 2 is 1.78 bits per heavy atom. The van der Waals surface area contributed by atoms with Crippen molar-refractivity contribution in [2.45, 2.75) is 32.2 Å². The first-order chi connectivity index (χ1) is 12.9. The number of nitrogens with zero attached hydrogens (tertiary/aromatic N) is 3. The zero-order valence-corrected chi connectivity index (χ0v) is 17.8. The van der Waals surface area contributed by atoms with Crippen molar-refractivity contribution >= 4 is 5.96 Å². The Morgan fingerprint density at radius 1 is 1.15 bits per heavy atom. The van der Waals surface area contributed by atoms with Crippen LogP contribution in [0.1, 0.15) is 24.0 Å². The molecular weight excluding hydrogens is 340 g/mol. The van der Waals surface area contributed by atoms with Crippen LogP contribution in [0.2, 0.25) is 0 Å². The summed E-state index contributed by atoms with van der Waals surface area (Å²) in [4.78, 5) is 8.88. The Kier molecular flexibility index (Phi) is 7.92. The lowest BCUT2D eigenvalue weighted by molar-refractivity contribution is -0.00522. The quantitative estimate of drug-likeness (QED) is 0.585. The van der Waals surface area contributed by atoms with Gasteiger partial charge in [0.25, 0.3) is 0 Å². The monoisotopic (exact) mass is 376 g/mol. The molecule has 1 aliphatic heterocycles. The second-order valence-corrected chi connectivity index (χ2v) is 7.73. The lowest BCUT2D eigenvalue weighted by Gasteiger charge is -2.43. The number of hydrogen-bond acceptors (Lipinski definition) is 4. The van der Waals surface area contributed by atoms with Gasteiger partial charge in [0.05, 0.1) is 6.54 Å². The van der Waals surface area contributed by atoms with Gasteiger partial charge in [-0.15, -0.1) is 0 Å². The number of rotatable bonds is 7. The van der Waals surface area contributed by atoms with Crippen molar-refractivity contribution in [3.63, 3.8) is 0 Å². The lowest BCUT2D eigenvalue weighted by Crippen LogP contribution is -2.57. The summed E-state index contributed by atoms with van der Waals surface area (Å²) in [6.45, 7) is 8.06. The minimum absolute atomic E-state index is 0.116. The predicted molar refractivity (Wildman–Crippen MR) is 112 cm³/mol. The molecule has 6 nitrogen and oxygen atoms in total. The number of guanidine groups is 1. The second-order valence-electron chi connectivity index (χ2n) is 7.73. The summed E-state index contributed by atoms with van der Waals surface area (Å²) in [6.07, 6.45) is 2.06. The summed E-state index contributed by atoms with van der Waals surface area (Å²) in [5, 5.41) is 3.55. The van der Waals surface area contributed by atoms with Gasteiger partial charge < -0.3 is 24.6 Å². The van der Waals surface area contributed by atoms with Crippen LogP contribution in [0.15, 0.2) is 23.2 Å². The molecule has 6 heteroatoms. The first-order valence-electron chi connectivity index (χ1n) is 9.74. The van der Waals surface area contributed by atoms with Gasteiger partial charge in [0.1, 0.15) is 12.4 Å². The molecule has 27 heavy (non-hydrogen) atoms. The molecule has 0 saturated carbocycles. The van der Waals surface area contributed by atoms with Crippen LogP contribution in [-0.2, 0) is 4.74 Å². The minimum atomic E-state index is 0.116. The molecule has 1 fully saturated rings. The molecule has 2 rings (SSSR count). The van der Waals surface area contributed by atoms with E-state index < -0.39 is 0 Å². The first kappa shape index (κ1) is 21.5. The number of hydrogen-bond donors (Lipinski definition) is 1. The summed E-state index contributed by atoms with van der Waals surface area (Å²) >= 11 is 0. The van der Waals surface area contributed by atoms with Gasteiger partial charge in [-0.25, -0.2) is 0 Å². The van der Waals surface area contributed by atoms with Gasteiger partial charge in [-0.1, -0.05) is 6.07 Å². The van der Waals surface area contributed by atoms with Gasteiger partial charge in [-0.3, -0.25) is 4.99 Å². The van der Waals surface area contributed by atoms with Crippen molar-refractivity contribution < 1.29 is 9.47 Å². The lowest BCUT2D eigenvalue weighted by atomic mass is 9.88. The zero-order valence-electron chi connectivity index (χ0n) is 17.8. The standard InChI is InChI=1S/C21H36N4O2/c1-17-13-18(2)15-19(14-17)27-12-9-25(6)20(22-3)23-16-21(24(4)5)7-10-26-11-8-21/h13-15H,7-12,16H2,1-6H3,(H,22,23). The molecule has 152 valence electrons. The molecule has 0 unspecified atom stereocenters. The van der Waals surface area contributed by atoms with Crippen LogP contribution in [0.25, 0.3) is 0 Å². The van der Waals surface area contributed by atoms with Crippen molar-refractivity contribution in [2.75, 3.05) is 61.1 Å². The van der Waals surface area contributed by atoms with E-state index >= 15 is 0 Å². The van der Waals surface area contributed by atoms with Gasteiger partial charge in [0.2, 0.25) is 0 Å². The highest BCUT2D eigenvalue weighted by Crippen LogP contribution is 2.25. The second kappa shape index (κ2) is 9.95. The van der Waals surface area contributed by atoms with Gasteiger partial charge in [0, 0.05) is 39.4 Å². The molecule has 0 amide bonds. The van der Waals surface area contributed by atoms with E-state index in [1.165, 1.54) is 11.1 Å². The van der Waals surface area contributed by atoms with Gasteiger partial charge in [0.15, 0.2) is 5.96 Å². The molecule has 0 aromatic heterocycles. The smallest absolute Gasteiger partial charge is 0.193 e. The van der Waals surface area contributed by atoms with Crippen LogP contribution in [0, 0.1) is 13.8 Å². The maximum Gasteiger partial charge on any atom is 0.193 e. The van der Waals surface area contributed by atoms with Crippen molar-refractivity contribution in [3.05, 3.63) is 29.3 Å². The third-order valence-electron chi connectivity index (χ3n) is 5.41. The van der Waals surface area contributed by atoms with Gasteiger partial charge in [-0.05, 0) is 64.0 Å². The summed E-state index contributed by atoms with van der Waals surface area (Å²) < 4.78 is 11.5. The van der Waals surface area contributed by atoms with E-state index in [1.807, 2.05) is 14.1 Å². The van der Waals surface area contributed by atoms with E-state index in [1.54, 1.807) is 0 Å². The van der Waals surface area contributed by atoms with Gasteiger partial charge in [-0.2, -0.15) is 0 Å². The number of likely N-dealkylation sites (N-methyl/N-ethyl adjacent to an activating group) is 2. The SMILES string of the molecule is CN=C(NCC1(N(C)C)CCOCC1)N(C)CCOc1cc(C)cc(C)c1. The fourth-order valence-corrected chi connectivity index (χ4v) is 3.58. The molecule has 0 bridgehead atoms. The molecule has 1 saturated heterocycles. The van der Waals surface area contributed by atoms with Crippen molar-refractivity contribution in [1.29, 1.82) is 0 Å². The van der Waals surface area contributed by atoms with E-state index in [2.05, 4.69) is 66.3 Å². The van der Waals surface area contributed by atoms with Crippen LogP contribution in [0.5, 0.6) is 5.75 Å². The maximum atomic E-state index is 5.94. The van der Waals surface area contributed by atoms with E-state index in [4.69, 9.17) is 9.47 Å². The third-order valence-corrected chi connectivity index (χ3v) is 5.41. The normalized spacial score (nSPS) is 17.1. The molecule has 1 heterocycles. The summed E-state index contributed by atoms with van der Waals surface area (Å²) in [5.74, 6) is 1.82. The molecule has 1 aromatic carbocycles. The molecule has 0 spiro atoms. The Labute approximate surface area is 164 Å². The van der Waals surface area contributed by atoms with Crippen LogP contribution in [0.3, 0.4) is 0 Å². The first-order valence-corrected chi connectivity index (χ1v) is 9.74. The summed E-state index contributed by atoms with van der Waals surface area (Å²) in [5.41, 5.74) is 2.56. The highest BCUT2D eigenvalue weighted by atomic mass is 16.5. The van der Waals surface area contributed by atoms with Gasteiger partial charge >= 0.3 is 0 Å². The number of benzene rings is 1. The minimum Gasteiger partial charge on any atom is -0.492 e. The number of ether oxygens (including phenoxy) is 2. The van der Waals surface area contributed by atoms with Crippen LogP contribution < -0.4 is 10.1 Å². The molecule has 1 aliphatic rings. The van der Waals surface area contributed by atoms with E-state index in [0.29, 0.717) is 6.61 Å². The Bertz CT molecular complexity index is 604. The fraction of sp³-hybridized carbons (Fsp3) is 0.667. The van der Waals surface area contributed by atoms with E-state index in [9.17, 15) is 0 Å². The molecule has 0 radical (unpaired) electrons. The van der Waals surface area contributed by atoms with Crippen LogP contribution >= 0.6 is 0 Å². The summed E-state index contributed by atoms with van der Waals surface area (Å²) in [7, 11) is 8.18. The molecular formula is C21H36N4O2. The highest BCUT2D eigenvalue weighted by molar-refractivity contribution is 5.79. The van der Waals surface area contributed by atoms with Crippen LogP contribution in [0.4, 0.5) is 0 Å². The average Bonchev–Trinajstić information content (AvgIpc) is 2.62. The third kappa shape index (κ3) is 6.11. The topological polar surface area (TPSA) is 49.3 Å². The van der Waals surface area contributed by atoms with E-state index in [-0.39, 0.29) is 5.54 Å². The largest absolute Gasteiger partial charge is 0.492 e.